The average molecular weight is 391 g/mol. The van der Waals surface area contributed by atoms with E-state index in [-0.39, 0.29) is 23.8 Å². The van der Waals surface area contributed by atoms with Gasteiger partial charge in [0.2, 0.25) is 5.91 Å². The van der Waals surface area contributed by atoms with E-state index >= 15 is 0 Å². The Balaban J connectivity index is 1.67. The lowest BCUT2D eigenvalue weighted by atomic mass is 10.0. The average Bonchev–Trinajstić information content (AvgIpc) is 3.17. The molecule has 1 fully saturated rings. The fourth-order valence-corrected chi connectivity index (χ4v) is 4.91. The number of carbonyl (C=O) groups excluding carboxylic acids is 1. The summed E-state index contributed by atoms with van der Waals surface area (Å²) in [6, 6.07) is 11.4. The quantitative estimate of drug-likeness (QED) is 0.763. The number of piperazine rings is 1. The van der Waals surface area contributed by atoms with Crippen LogP contribution in [0.1, 0.15) is 37.6 Å². The molecule has 2 aromatic rings. The van der Waals surface area contributed by atoms with Gasteiger partial charge in [-0.15, -0.1) is 11.3 Å². The van der Waals surface area contributed by atoms with Crippen molar-refractivity contribution in [3.8, 4) is 0 Å². The molecule has 1 aliphatic rings. The van der Waals surface area contributed by atoms with E-state index in [0.717, 1.165) is 38.3 Å². The second-order valence-corrected chi connectivity index (χ2v) is 8.20. The molecule has 146 valence electrons. The third kappa shape index (κ3) is 5.08. The first-order valence-corrected chi connectivity index (χ1v) is 10.6. The summed E-state index contributed by atoms with van der Waals surface area (Å²) in [6.45, 7) is 8.00. The minimum absolute atomic E-state index is 0.0927. The zero-order valence-electron chi connectivity index (χ0n) is 16.1. The molecule has 0 radical (unpaired) electrons. The van der Waals surface area contributed by atoms with E-state index in [4.69, 9.17) is 0 Å². The number of hydrogen-bond donors (Lipinski definition) is 2. The van der Waals surface area contributed by atoms with Gasteiger partial charge in [0.05, 0.1) is 37.1 Å². The Kier molecular flexibility index (Phi) is 6.85. The predicted molar refractivity (Wildman–Crippen MR) is 109 cm³/mol. The van der Waals surface area contributed by atoms with Crippen molar-refractivity contribution >= 4 is 22.9 Å². The van der Waals surface area contributed by atoms with Crippen LogP contribution in [0.3, 0.4) is 0 Å². The Morgan fingerprint density at radius 1 is 1.26 bits per heavy atom. The van der Waals surface area contributed by atoms with E-state index in [1.54, 1.807) is 11.3 Å². The first-order valence-electron chi connectivity index (χ1n) is 9.76. The van der Waals surface area contributed by atoms with Crippen LogP contribution in [0.15, 0.2) is 41.8 Å². The van der Waals surface area contributed by atoms with Crippen LogP contribution < -0.4 is 15.1 Å². The Labute approximate surface area is 165 Å². The third-order valence-corrected chi connectivity index (χ3v) is 6.21. The fraction of sp³-hybridized carbons (Fsp3) is 0.476. The van der Waals surface area contributed by atoms with Crippen LogP contribution in [-0.2, 0) is 4.79 Å². The lowest BCUT2D eigenvalue weighted by molar-refractivity contribution is -0.933. The van der Waals surface area contributed by atoms with E-state index in [2.05, 4.69) is 34.7 Å². The van der Waals surface area contributed by atoms with Crippen LogP contribution >= 0.6 is 11.3 Å². The number of carbonyl (C=O) groups is 1. The number of nitrogens with one attached hydrogen (secondary N) is 2. The van der Waals surface area contributed by atoms with Crippen molar-refractivity contribution in [2.24, 2.45) is 0 Å². The fourth-order valence-electron chi connectivity index (χ4n) is 3.92. The number of quaternary nitrogens is 1. The van der Waals surface area contributed by atoms with Gasteiger partial charge in [-0.3, -0.25) is 4.79 Å². The molecular formula is C21H29FN3OS+. The first kappa shape index (κ1) is 19.8. The maximum absolute atomic E-state index is 13.2. The second kappa shape index (κ2) is 9.33. The number of nitrogens with zero attached hydrogens (tertiary/aromatic N) is 1. The van der Waals surface area contributed by atoms with Gasteiger partial charge in [0, 0.05) is 12.1 Å². The van der Waals surface area contributed by atoms with E-state index in [0.29, 0.717) is 6.42 Å². The van der Waals surface area contributed by atoms with Gasteiger partial charge in [-0.05, 0) is 49.1 Å². The van der Waals surface area contributed by atoms with Crippen molar-refractivity contribution in [2.75, 3.05) is 31.1 Å². The Bertz CT molecular complexity index is 712. The van der Waals surface area contributed by atoms with Gasteiger partial charge in [-0.25, -0.2) is 4.39 Å². The normalized spacial score (nSPS) is 17.5. The molecule has 1 aromatic carbocycles. The number of hydrogen-bond acceptors (Lipinski definition) is 3. The summed E-state index contributed by atoms with van der Waals surface area (Å²) < 4.78 is 13.2. The summed E-state index contributed by atoms with van der Waals surface area (Å²) in [7, 11) is 0. The predicted octanol–water partition coefficient (Wildman–Crippen LogP) is 2.64. The molecule has 0 bridgehead atoms. The molecule has 2 heterocycles. The summed E-state index contributed by atoms with van der Waals surface area (Å²) in [5.74, 6) is -0.0617. The summed E-state index contributed by atoms with van der Waals surface area (Å²) in [5.41, 5.74) is 1.08. The van der Waals surface area contributed by atoms with Crippen molar-refractivity contribution in [2.45, 2.75) is 38.8 Å². The molecule has 0 saturated carbocycles. The van der Waals surface area contributed by atoms with Crippen molar-refractivity contribution in [3.05, 3.63) is 52.5 Å². The van der Waals surface area contributed by atoms with Gasteiger partial charge < -0.3 is 15.1 Å². The Hall–Kier alpha value is -1.92. The molecule has 1 amide bonds. The number of halogens is 1. The number of rotatable bonds is 7. The Morgan fingerprint density at radius 3 is 2.56 bits per heavy atom. The van der Waals surface area contributed by atoms with Gasteiger partial charge in [-0.1, -0.05) is 13.0 Å². The maximum Gasteiger partial charge on any atom is 0.220 e. The molecule has 0 aliphatic carbocycles. The SMILES string of the molecule is CCCC(=O)N[C@H](C)[C@H](c1cccs1)[NH+]1CCN(c2ccc(F)cc2)CC1. The van der Waals surface area contributed by atoms with E-state index in [1.807, 2.05) is 19.1 Å². The maximum atomic E-state index is 13.2. The molecule has 6 heteroatoms. The van der Waals surface area contributed by atoms with Gasteiger partial charge in [0.1, 0.15) is 11.9 Å². The molecule has 2 N–H and O–H groups in total. The van der Waals surface area contributed by atoms with Crippen molar-refractivity contribution in [1.29, 1.82) is 0 Å². The minimum atomic E-state index is -0.197. The summed E-state index contributed by atoms with van der Waals surface area (Å²) in [4.78, 5) is 17.3. The number of amides is 1. The van der Waals surface area contributed by atoms with Crippen LogP contribution in [0.25, 0.3) is 0 Å². The third-order valence-electron chi connectivity index (χ3n) is 5.25. The molecule has 4 nitrogen and oxygen atoms in total. The molecule has 2 atom stereocenters. The minimum Gasteiger partial charge on any atom is -0.360 e. The zero-order valence-corrected chi connectivity index (χ0v) is 16.9. The molecule has 1 aromatic heterocycles. The van der Waals surface area contributed by atoms with Crippen molar-refractivity contribution in [1.82, 2.24) is 5.32 Å². The van der Waals surface area contributed by atoms with Crippen molar-refractivity contribution < 1.29 is 14.1 Å². The zero-order chi connectivity index (χ0) is 19.2. The van der Waals surface area contributed by atoms with Crippen LogP contribution in [0.2, 0.25) is 0 Å². The van der Waals surface area contributed by atoms with Crippen molar-refractivity contribution in [3.63, 3.8) is 0 Å². The summed E-state index contributed by atoms with van der Waals surface area (Å²) in [5, 5.41) is 5.32. The van der Waals surface area contributed by atoms with Crippen LogP contribution in [0.5, 0.6) is 0 Å². The summed E-state index contributed by atoms with van der Waals surface area (Å²) >= 11 is 1.76. The molecule has 27 heavy (non-hydrogen) atoms. The largest absolute Gasteiger partial charge is 0.360 e. The lowest BCUT2D eigenvalue weighted by Crippen LogP contribution is -3.16. The molecule has 1 aliphatic heterocycles. The standard InChI is InChI=1S/C21H28FN3OS/c1-3-5-20(26)23-16(2)21(19-6-4-15-27-19)25-13-11-24(12-14-25)18-9-7-17(22)8-10-18/h4,6-10,15-16,21H,3,5,11-14H2,1-2H3,(H,23,26)/p+1/t16-,21-/m1/s1. The Morgan fingerprint density at radius 2 is 1.96 bits per heavy atom. The number of anilines is 1. The van der Waals surface area contributed by atoms with Crippen LogP contribution in [0.4, 0.5) is 10.1 Å². The molecule has 0 unspecified atom stereocenters. The highest BCUT2D eigenvalue weighted by atomic mass is 32.1. The van der Waals surface area contributed by atoms with E-state index < -0.39 is 0 Å². The van der Waals surface area contributed by atoms with Gasteiger partial charge in [0.15, 0.2) is 0 Å². The molecule has 0 spiro atoms. The van der Waals surface area contributed by atoms with Crippen LogP contribution in [0, 0.1) is 5.82 Å². The molecule has 3 rings (SSSR count). The molecule has 1 saturated heterocycles. The van der Waals surface area contributed by atoms with Crippen LogP contribution in [-0.4, -0.2) is 38.1 Å². The smallest absolute Gasteiger partial charge is 0.220 e. The van der Waals surface area contributed by atoms with Gasteiger partial charge >= 0.3 is 0 Å². The highest BCUT2D eigenvalue weighted by molar-refractivity contribution is 7.10. The number of thiophene rings is 1. The first-order chi connectivity index (χ1) is 13.1. The highest BCUT2D eigenvalue weighted by Crippen LogP contribution is 2.21. The topological polar surface area (TPSA) is 36.8 Å². The summed E-state index contributed by atoms with van der Waals surface area (Å²) in [6.07, 6.45) is 1.45. The monoisotopic (exact) mass is 390 g/mol. The second-order valence-electron chi connectivity index (χ2n) is 7.22. The van der Waals surface area contributed by atoms with E-state index in [9.17, 15) is 9.18 Å². The molecular weight excluding hydrogens is 361 g/mol. The number of benzene rings is 1. The van der Waals surface area contributed by atoms with Gasteiger partial charge in [-0.2, -0.15) is 0 Å². The highest BCUT2D eigenvalue weighted by Gasteiger charge is 2.34. The van der Waals surface area contributed by atoms with Gasteiger partial charge in [0.25, 0.3) is 0 Å². The van der Waals surface area contributed by atoms with E-state index in [1.165, 1.54) is 21.9 Å². The lowest BCUT2D eigenvalue weighted by Gasteiger charge is -2.39.